The van der Waals surface area contributed by atoms with Crippen molar-refractivity contribution in [3.63, 3.8) is 0 Å². The van der Waals surface area contributed by atoms with Crippen LogP contribution in [0.15, 0.2) is 36.5 Å². The fourth-order valence-electron chi connectivity index (χ4n) is 1.48. The number of hydrogen-bond acceptors (Lipinski definition) is 2. The van der Waals surface area contributed by atoms with Crippen LogP contribution in [0.5, 0.6) is 0 Å². The normalized spacial score (nSPS) is 12.5. The van der Waals surface area contributed by atoms with E-state index >= 15 is 0 Å². The molecule has 0 saturated heterocycles. The molecule has 5 heteroatoms. The summed E-state index contributed by atoms with van der Waals surface area (Å²) in [5.41, 5.74) is 6.52. The first-order valence-electron chi connectivity index (χ1n) is 4.90. The van der Waals surface area contributed by atoms with Crippen molar-refractivity contribution in [3.8, 4) is 0 Å². The van der Waals surface area contributed by atoms with Gasteiger partial charge in [0.05, 0.1) is 16.8 Å². The highest BCUT2D eigenvalue weighted by Gasteiger charge is 2.15. The molecule has 1 aromatic carbocycles. The average Bonchev–Trinajstić information content (AvgIpc) is 2.29. The first-order valence-corrected chi connectivity index (χ1v) is 5.27. The largest absolute Gasteiger partial charge is 0.319 e. The molecule has 0 saturated carbocycles. The fourth-order valence-corrected chi connectivity index (χ4v) is 1.60. The van der Waals surface area contributed by atoms with E-state index < -0.39 is 17.7 Å². The second-order valence-corrected chi connectivity index (χ2v) is 3.98. The van der Waals surface area contributed by atoms with Gasteiger partial charge in [0.25, 0.3) is 0 Å². The molecule has 0 aliphatic carbocycles. The number of pyridine rings is 1. The molecule has 0 spiro atoms. The smallest absolute Gasteiger partial charge is 0.131 e. The minimum atomic E-state index is -0.743. The summed E-state index contributed by atoms with van der Waals surface area (Å²) >= 11 is 5.69. The van der Waals surface area contributed by atoms with E-state index in [1.54, 1.807) is 12.1 Å². The molecular weight excluding hydrogens is 246 g/mol. The van der Waals surface area contributed by atoms with Crippen molar-refractivity contribution in [1.29, 1.82) is 0 Å². The molecule has 0 amide bonds. The molecule has 88 valence electrons. The van der Waals surface area contributed by atoms with Gasteiger partial charge in [-0.2, -0.15) is 0 Å². The zero-order valence-corrected chi connectivity index (χ0v) is 9.46. The van der Waals surface area contributed by atoms with E-state index in [9.17, 15) is 8.78 Å². The van der Waals surface area contributed by atoms with Gasteiger partial charge in [0.2, 0.25) is 0 Å². The van der Waals surface area contributed by atoms with Gasteiger partial charge in [-0.1, -0.05) is 17.7 Å². The lowest BCUT2D eigenvalue weighted by Crippen LogP contribution is -2.15. The number of halogens is 3. The van der Waals surface area contributed by atoms with Crippen molar-refractivity contribution in [1.82, 2.24) is 4.98 Å². The topological polar surface area (TPSA) is 38.9 Å². The highest BCUT2D eigenvalue weighted by atomic mass is 35.5. The minimum absolute atomic E-state index is 0.196. The van der Waals surface area contributed by atoms with Gasteiger partial charge >= 0.3 is 0 Å². The van der Waals surface area contributed by atoms with Crippen LogP contribution in [0.25, 0.3) is 0 Å². The van der Waals surface area contributed by atoms with Crippen molar-refractivity contribution in [2.75, 3.05) is 0 Å². The number of aromatic nitrogens is 1. The summed E-state index contributed by atoms with van der Waals surface area (Å²) in [4.78, 5) is 4.00. The van der Waals surface area contributed by atoms with Gasteiger partial charge in [-0.05, 0) is 18.2 Å². The molecular formula is C12H9ClF2N2. The Kier molecular flexibility index (Phi) is 3.36. The molecule has 2 N–H and O–H groups in total. The molecule has 2 rings (SSSR count). The summed E-state index contributed by atoms with van der Waals surface area (Å²) in [6.07, 6.45) is 1.43. The van der Waals surface area contributed by atoms with Crippen LogP contribution in [0.4, 0.5) is 8.78 Å². The zero-order chi connectivity index (χ0) is 12.4. The molecule has 0 aliphatic rings. The molecule has 2 nitrogen and oxygen atoms in total. The third-order valence-corrected chi connectivity index (χ3v) is 2.59. The van der Waals surface area contributed by atoms with Crippen LogP contribution in [-0.2, 0) is 0 Å². The van der Waals surface area contributed by atoms with Crippen LogP contribution in [-0.4, -0.2) is 4.98 Å². The Bertz CT molecular complexity index is 529. The lowest BCUT2D eigenvalue weighted by molar-refractivity contribution is 0.564. The Labute approximate surface area is 102 Å². The molecule has 1 unspecified atom stereocenters. The lowest BCUT2D eigenvalue weighted by atomic mass is 10.0. The van der Waals surface area contributed by atoms with Gasteiger partial charge in [0, 0.05) is 17.8 Å². The molecule has 0 bridgehead atoms. The first kappa shape index (κ1) is 12.0. The summed E-state index contributed by atoms with van der Waals surface area (Å²) < 4.78 is 26.2. The van der Waals surface area contributed by atoms with Crippen molar-refractivity contribution in [3.05, 3.63) is 64.4 Å². The number of rotatable bonds is 2. The third kappa shape index (κ3) is 2.60. The van der Waals surface area contributed by atoms with Gasteiger partial charge in [-0.25, -0.2) is 8.78 Å². The summed E-state index contributed by atoms with van der Waals surface area (Å²) in [5, 5.41) is 0.473. The van der Waals surface area contributed by atoms with E-state index in [-0.39, 0.29) is 5.56 Å². The summed E-state index contributed by atoms with van der Waals surface area (Å²) in [6, 6.07) is 5.75. The predicted octanol–water partition coefficient (Wildman–Crippen LogP) is 3.06. The Morgan fingerprint density at radius 2 is 1.94 bits per heavy atom. The van der Waals surface area contributed by atoms with E-state index in [2.05, 4.69) is 4.98 Å². The maximum Gasteiger partial charge on any atom is 0.131 e. The van der Waals surface area contributed by atoms with E-state index in [0.29, 0.717) is 10.7 Å². The van der Waals surface area contributed by atoms with Crippen LogP contribution in [0.2, 0.25) is 5.02 Å². The number of benzene rings is 1. The molecule has 1 heterocycles. The van der Waals surface area contributed by atoms with E-state index in [1.807, 2.05) is 0 Å². The maximum absolute atomic E-state index is 13.5. The molecule has 0 aliphatic heterocycles. The van der Waals surface area contributed by atoms with Crippen molar-refractivity contribution in [2.24, 2.45) is 5.73 Å². The SMILES string of the molecule is NC(c1ccc(Cl)cn1)c1ccc(F)cc1F. The maximum atomic E-state index is 13.5. The van der Waals surface area contributed by atoms with Crippen LogP contribution in [0, 0.1) is 11.6 Å². The first-order chi connectivity index (χ1) is 8.08. The summed E-state index contributed by atoms with van der Waals surface area (Å²) in [5.74, 6) is -1.32. The van der Waals surface area contributed by atoms with Gasteiger partial charge in [-0.3, -0.25) is 4.98 Å². The summed E-state index contributed by atoms with van der Waals surface area (Å²) in [6.45, 7) is 0. The number of nitrogens with zero attached hydrogens (tertiary/aromatic N) is 1. The molecule has 0 fully saturated rings. The van der Waals surface area contributed by atoms with Crippen LogP contribution in [0.1, 0.15) is 17.3 Å². The van der Waals surface area contributed by atoms with E-state index in [4.69, 9.17) is 17.3 Å². The van der Waals surface area contributed by atoms with Gasteiger partial charge < -0.3 is 5.73 Å². The Morgan fingerprint density at radius 3 is 2.53 bits per heavy atom. The van der Waals surface area contributed by atoms with Crippen LogP contribution < -0.4 is 5.73 Å². The average molecular weight is 255 g/mol. The second kappa shape index (κ2) is 4.77. The second-order valence-electron chi connectivity index (χ2n) is 3.54. The van der Waals surface area contributed by atoms with Crippen molar-refractivity contribution < 1.29 is 8.78 Å². The Hall–Kier alpha value is -1.52. The third-order valence-electron chi connectivity index (χ3n) is 2.37. The van der Waals surface area contributed by atoms with E-state index in [0.717, 1.165) is 12.1 Å². The summed E-state index contributed by atoms with van der Waals surface area (Å²) in [7, 11) is 0. The molecule has 1 aromatic heterocycles. The molecule has 1 atom stereocenters. The van der Waals surface area contributed by atoms with Crippen LogP contribution in [0.3, 0.4) is 0 Å². The molecule has 17 heavy (non-hydrogen) atoms. The lowest BCUT2D eigenvalue weighted by Gasteiger charge is -2.12. The monoisotopic (exact) mass is 254 g/mol. The number of hydrogen-bond donors (Lipinski definition) is 1. The Morgan fingerprint density at radius 1 is 1.18 bits per heavy atom. The predicted molar refractivity (Wildman–Crippen MR) is 61.6 cm³/mol. The fraction of sp³-hybridized carbons (Fsp3) is 0.0833. The standard InChI is InChI=1S/C12H9ClF2N2/c13-7-1-4-11(17-6-7)12(16)9-3-2-8(14)5-10(9)15/h1-6,12H,16H2. The molecule has 2 aromatic rings. The van der Waals surface area contributed by atoms with Gasteiger partial charge in [0.15, 0.2) is 0 Å². The minimum Gasteiger partial charge on any atom is -0.319 e. The van der Waals surface area contributed by atoms with Gasteiger partial charge in [-0.15, -0.1) is 0 Å². The highest BCUT2D eigenvalue weighted by molar-refractivity contribution is 6.30. The van der Waals surface area contributed by atoms with Gasteiger partial charge in [0.1, 0.15) is 11.6 Å². The van der Waals surface area contributed by atoms with Crippen LogP contribution >= 0.6 is 11.6 Å². The molecule has 0 radical (unpaired) electrons. The van der Waals surface area contributed by atoms with E-state index in [1.165, 1.54) is 12.3 Å². The number of nitrogens with two attached hydrogens (primary N) is 1. The van der Waals surface area contributed by atoms with Crippen molar-refractivity contribution >= 4 is 11.6 Å². The Balaban J connectivity index is 2.36. The highest BCUT2D eigenvalue weighted by Crippen LogP contribution is 2.22. The van der Waals surface area contributed by atoms with Crippen molar-refractivity contribution in [2.45, 2.75) is 6.04 Å². The quantitative estimate of drug-likeness (QED) is 0.895. The zero-order valence-electron chi connectivity index (χ0n) is 8.70.